The predicted molar refractivity (Wildman–Crippen MR) is 226 cm³/mol. The van der Waals surface area contributed by atoms with Gasteiger partial charge in [0.2, 0.25) is 0 Å². The van der Waals surface area contributed by atoms with E-state index >= 15 is 0 Å². The van der Waals surface area contributed by atoms with Crippen LogP contribution >= 0.6 is 0 Å². The van der Waals surface area contributed by atoms with Gasteiger partial charge in [-0.25, -0.2) is 29.1 Å². The summed E-state index contributed by atoms with van der Waals surface area (Å²) in [6.07, 6.45) is -3.48. The van der Waals surface area contributed by atoms with Gasteiger partial charge in [-0.05, 0) is 134 Å². The predicted octanol–water partition coefficient (Wildman–Crippen LogP) is 10.3. The van der Waals surface area contributed by atoms with Crippen molar-refractivity contribution in [3.05, 3.63) is 53.9 Å². The van der Waals surface area contributed by atoms with E-state index in [9.17, 15) is 19.2 Å². The number of alkyl carbamates (subject to hydrolysis) is 1. The molecule has 3 amide bonds. The van der Waals surface area contributed by atoms with Crippen molar-refractivity contribution in [2.24, 2.45) is 0 Å². The van der Waals surface area contributed by atoms with Gasteiger partial charge in [-0.3, -0.25) is 0 Å². The van der Waals surface area contributed by atoms with Gasteiger partial charge in [0.1, 0.15) is 57.5 Å². The second-order valence-corrected chi connectivity index (χ2v) is 18.8. The zero-order chi connectivity index (χ0) is 45.0. The molecule has 0 aliphatic heterocycles. The van der Waals surface area contributed by atoms with Crippen molar-refractivity contribution in [2.75, 3.05) is 11.5 Å². The Labute approximate surface area is 352 Å². The standard InChI is InChI=1S/C44H61N5O11/c1-16-54-25-32-47-33-34(48(32)26-44(14,15)60-39(53)59-43(11,12)13)30-21-20-29(55-28-19-17-18-27(22-28)24-45-36(50)56-40(2,3)4)23-31(30)46-35(33)49(37(51)57-41(5,6)7)38(52)58-42(8,9)10/h17-23H,16,24-26H2,1-15H3,(H,45,50). The molecule has 1 N–H and O–H groups in total. The van der Waals surface area contributed by atoms with Crippen LogP contribution in [-0.4, -0.2) is 73.6 Å². The van der Waals surface area contributed by atoms with Crippen LogP contribution in [-0.2, 0) is 48.1 Å². The number of carbonyl (C=O) groups is 4. The van der Waals surface area contributed by atoms with E-state index in [1.54, 1.807) is 133 Å². The quantitative estimate of drug-likeness (QED) is 0.112. The number of carbonyl (C=O) groups excluding carboxylic acids is 4. The number of benzene rings is 2. The fourth-order valence-corrected chi connectivity index (χ4v) is 5.71. The summed E-state index contributed by atoms with van der Waals surface area (Å²) in [5, 5.41) is 3.31. The average molecular weight is 836 g/mol. The monoisotopic (exact) mass is 835 g/mol. The SMILES string of the molecule is CCOCc1nc2c(N(C(=O)OC(C)(C)C)C(=O)OC(C)(C)C)nc3cc(Oc4cccc(CNC(=O)OC(C)(C)C)c4)ccc3c2n1CC(C)(C)OC(=O)OC(C)(C)C. The van der Waals surface area contributed by atoms with E-state index < -0.39 is 52.4 Å². The molecule has 0 saturated carbocycles. The number of rotatable bonds is 11. The maximum atomic E-state index is 14.1. The van der Waals surface area contributed by atoms with Gasteiger partial charge in [0.05, 0.1) is 17.6 Å². The van der Waals surface area contributed by atoms with E-state index in [4.69, 9.17) is 43.1 Å². The van der Waals surface area contributed by atoms with Gasteiger partial charge in [0.25, 0.3) is 0 Å². The highest BCUT2D eigenvalue weighted by atomic mass is 16.7. The van der Waals surface area contributed by atoms with Crippen LogP contribution in [0.2, 0.25) is 0 Å². The fraction of sp³-hybridized carbons (Fsp3) is 0.545. The molecule has 2 aromatic carbocycles. The molecule has 16 heteroatoms. The van der Waals surface area contributed by atoms with E-state index in [0.717, 1.165) is 10.5 Å². The van der Waals surface area contributed by atoms with Crippen molar-refractivity contribution in [1.82, 2.24) is 19.9 Å². The van der Waals surface area contributed by atoms with Crippen molar-refractivity contribution in [3.8, 4) is 11.5 Å². The molecule has 0 unspecified atom stereocenters. The third-order valence-corrected chi connectivity index (χ3v) is 7.77. The molecule has 0 radical (unpaired) electrons. The average Bonchev–Trinajstić information content (AvgIpc) is 3.40. The number of imide groups is 1. The Morgan fingerprint density at radius 2 is 1.28 bits per heavy atom. The topological polar surface area (TPSA) is 179 Å². The normalized spacial score (nSPS) is 12.5. The van der Waals surface area contributed by atoms with Gasteiger partial charge in [-0.1, -0.05) is 12.1 Å². The number of fused-ring (bicyclic) bond motifs is 3. The van der Waals surface area contributed by atoms with Crippen LogP contribution in [0, 0.1) is 0 Å². The number of anilines is 1. The molecule has 16 nitrogen and oxygen atoms in total. The van der Waals surface area contributed by atoms with Crippen LogP contribution in [0.3, 0.4) is 0 Å². The highest BCUT2D eigenvalue weighted by Gasteiger charge is 2.38. The van der Waals surface area contributed by atoms with Gasteiger partial charge < -0.3 is 43.0 Å². The van der Waals surface area contributed by atoms with E-state index in [1.807, 2.05) is 17.6 Å². The minimum atomic E-state index is -1.17. The molecule has 2 heterocycles. The van der Waals surface area contributed by atoms with Crippen LogP contribution in [0.1, 0.15) is 115 Å². The van der Waals surface area contributed by atoms with Crippen LogP contribution in [0.15, 0.2) is 42.5 Å². The summed E-state index contributed by atoms with van der Waals surface area (Å²) in [6.45, 7) is 26.6. The van der Waals surface area contributed by atoms with E-state index in [0.29, 0.717) is 40.3 Å². The number of aromatic nitrogens is 3. The third kappa shape index (κ3) is 13.7. The third-order valence-electron chi connectivity index (χ3n) is 7.77. The van der Waals surface area contributed by atoms with Crippen molar-refractivity contribution in [1.29, 1.82) is 0 Å². The maximum Gasteiger partial charge on any atom is 0.509 e. The highest BCUT2D eigenvalue weighted by molar-refractivity contribution is 6.17. The van der Waals surface area contributed by atoms with E-state index in [-0.39, 0.29) is 31.0 Å². The first kappa shape index (κ1) is 47.0. The van der Waals surface area contributed by atoms with Crippen molar-refractivity contribution in [2.45, 2.75) is 152 Å². The molecule has 0 aliphatic carbocycles. The van der Waals surface area contributed by atoms with Crippen LogP contribution in [0.25, 0.3) is 21.9 Å². The Morgan fingerprint density at radius 3 is 1.85 bits per heavy atom. The summed E-state index contributed by atoms with van der Waals surface area (Å²) >= 11 is 0. The molecule has 2 aromatic heterocycles. The van der Waals surface area contributed by atoms with Gasteiger partial charge in [-0.2, -0.15) is 4.90 Å². The Hall–Kier alpha value is -5.64. The maximum absolute atomic E-state index is 14.1. The summed E-state index contributed by atoms with van der Waals surface area (Å²) in [5.74, 6) is 1.06. The van der Waals surface area contributed by atoms with Crippen LogP contribution < -0.4 is 15.0 Å². The van der Waals surface area contributed by atoms with E-state index in [2.05, 4.69) is 5.32 Å². The molecule has 0 saturated heterocycles. The van der Waals surface area contributed by atoms with Crippen LogP contribution in [0.5, 0.6) is 11.5 Å². The second-order valence-electron chi connectivity index (χ2n) is 18.8. The largest absolute Gasteiger partial charge is 0.509 e. The number of imidazole rings is 1. The van der Waals surface area contributed by atoms with Crippen molar-refractivity contribution < 1.29 is 52.3 Å². The molecular formula is C44H61N5O11. The Balaban J connectivity index is 1.94. The summed E-state index contributed by atoms with van der Waals surface area (Å²) in [4.78, 5) is 63.9. The lowest BCUT2D eigenvalue weighted by atomic mass is 10.1. The number of hydrogen-bond donors (Lipinski definition) is 1. The van der Waals surface area contributed by atoms with Gasteiger partial charge >= 0.3 is 24.4 Å². The van der Waals surface area contributed by atoms with E-state index in [1.165, 1.54) is 0 Å². The molecule has 0 aliphatic rings. The number of amides is 3. The Kier molecular flexibility index (Phi) is 14.0. The summed E-state index contributed by atoms with van der Waals surface area (Å²) in [6, 6.07) is 12.4. The molecule has 0 bridgehead atoms. The van der Waals surface area contributed by atoms with Crippen molar-refractivity contribution >= 4 is 52.2 Å². The molecule has 328 valence electrons. The molecule has 60 heavy (non-hydrogen) atoms. The zero-order valence-corrected chi connectivity index (χ0v) is 37.6. The lowest BCUT2D eigenvalue weighted by Crippen LogP contribution is -2.44. The number of nitrogens with one attached hydrogen (secondary N) is 1. The molecule has 4 rings (SSSR count). The van der Waals surface area contributed by atoms with Gasteiger partial charge in [0.15, 0.2) is 5.82 Å². The van der Waals surface area contributed by atoms with Gasteiger partial charge in [-0.15, -0.1) is 0 Å². The Morgan fingerprint density at radius 1 is 0.700 bits per heavy atom. The minimum Gasteiger partial charge on any atom is -0.457 e. The fourth-order valence-electron chi connectivity index (χ4n) is 5.71. The van der Waals surface area contributed by atoms with Crippen LogP contribution in [0.4, 0.5) is 25.0 Å². The molecule has 0 atom stereocenters. The molecule has 0 spiro atoms. The summed E-state index contributed by atoms with van der Waals surface area (Å²) in [7, 11) is 0. The second kappa shape index (κ2) is 17.9. The van der Waals surface area contributed by atoms with Crippen molar-refractivity contribution in [3.63, 3.8) is 0 Å². The number of nitrogens with zero attached hydrogens (tertiary/aromatic N) is 4. The first-order valence-electron chi connectivity index (χ1n) is 19.9. The number of pyridine rings is 1. The first-order chi connectivity index (χ1) is 27.5. The minimum absolute atomic E-state index is 0.0217. The summed E-state index contributed by atoms with van der Waals surface area (Å²) in [5.41, 5.74) is -2.95. The zero-order valence-electron chi connectivity index (χ0n) is 37.6. The number of hydrogen-bond acceptors (Lipinski definition) is 13. The molecule has 4 aromatic rings. The lowest BCUT2D eigenvalue weighted by Gasteiger charge is -2.29. The molecule has 0 fully saturated rings. The van der Waals surface area contributed by atoms with Gasteiger partial charge in [0, 0.05) is 24.6 Å². The highest BCUT2D eigenvalue weighted by Crippen LogP contribution is 2.37. The lowest BCUT2D eigenvalue weighted by molar-refractivity contribution is -0.0584. The Bertz CT molecular complexity index is 2170. The summed E-state index contributed by atoms with van der Waals surface area (Å²) < 4.78 is 42.1. The smallest absolute Gasteiger partial charge is 0.457 e. The first-order valence-corrected chi connectivity index (χ1v) is 19.9. The number of ether oxygens (including phenoxy) is 7. The molecular weight excluding hydrogens is 775 g/mol.